The summed E-state index contributed by atoms with van der Waals surface area (Å²) in [6, 6.07) is 0. The van der Waals surface area contributed by atoms with E-state index < -0.39 is 24.4 Å². The van der Waals surface area contributed by atoms with Gasteiger partial charge < -0.3 is 14.2 Å². The predicted molar refractivity (Wildman–Crippen MR) is 85.3 cm³/mol. The zero-order valence-corrected chi connectivity index (χ0v) is 14.5. The van der Waals surface area contributed by atoms with Crippen LogP contribution in [0.4, 0.5) is 0 Å². The fourth-order valence-electron chi connectivity index (χ4n) is 2.98. The van der Waals surface area contributed by atoms with E-state index in [1.54, 1.807) is 10.9 Å². The summed E-state index contributed by atoms with van der Waals surface area (Å²) in [7, 11) is 0. The molecule has 0 saturated carbocycles. The lowest BCUT2D eigenvalue weighted by molar-refractivity contribution is -0.153. The molecule has 2 aromatic heterocycles. The maximum absolute atomic E-state index is 11.5. The maximum atomic E-state index is 11.5. The van der Waals surface area contributed by atoms with Crippen molar-refractivity contribution in [2.45, 2.75) is 46.1 Å². The summed E-state index contributed by atoms with van der Waals surface area (Å²) in [6.45, 7) is 6.50. The Labute approximate surface area is 144 Å². The zero-order chi connectivity index (χ0) is 18.1. The fourth-order valence-corrected chi connectivity index (χ4v) is 2.98. The van der Waals surface area contributed by atoms with Crippen LogP contribution in [-0.2, 0) is 23.8 Å². The average molecular weight is 348 g/mol. The second-order valence-corrected chi connectivity index (χ2v) is 6.08. The van der Waals surface area contributed by atoms with E-state index in [-0.39, 0.29) is 18.5 Å². The van der Waals surface area contributed by atoms with Gasteiger partial charge in [-0.1, -0.05) is 6.92 Å². The van der Waals surface area contributed by atoms with Crippen molar-refractivity contribution < 1.29 is 23.8 Å². The Kier molecular flexibility index (Phi) is 4.67. The molecule has 1 aliphatic rings. The number of aryl methyl sites for hydroxylation is 1. The first kappa shape index (κ1) is 17.3. The number of nitrogens with zero attached hydrogens (tertiary/aromatic N) is 4. The van der Waals surface area contributed by atoms with Crippen LogP contribution in [0.1, 0.15) is 32.7 Å². The first-order valence-corrected chi connectivity index (χ1v) is 7.98. The third-order valence-electron chi connectivity index (χ3n) is 4.27. The molecule has 0 amide bonds. The van der Waals surface area contributed by atoms with Crippen LogP contribution in [0.2, 0.25) is 0 Å². The molecule has 0 N–H and O–H groups in total. The van der Waals surface area contributed by atoms with E-state index in [4.69, 9.17) is 14.2 Å². The maximum Gasteiger partial charge on any atom is 0.303 e. The lowest BCUT2D eigenvalue weighted by Crippen LogP contribution is -2.30. The van der Waals surface area contributed by atoms with Crippen molar-refractivity contribution in [3.8, 4) is 0 Å². The smallest absolute Gasteiger partial charge is 0.303 e. The molecule has 0 unspecified atom stereocenters. The van der Waals surface area contributed by atoms with Gasteiger partial charge in [0.25, 0.3) is 0 Å². The van der Waals surface area contributed by atoms with Gasteiger partial charge in [-0.05, 0) is 6.92 Å². The summed E-state index contributed by atoms with van der Waals surface area (Å²) in [5.74, 6) is -0.970. The summed E-state index contributed by atoms with van der Waals surface area (Å²) in [5.41, 5.74) is 1.99. The van der Waals surface area contributed by atoms with Gasteiger partial charge in [-0.3, -0.25) is 14.2 Å². The first-order chi connectivity index (χ1) is 11.9. The Morgan fingerprint density at radius 3 is 2.68 bits per heavy atom. The Bertz CT molecular complexity index is 805. The number of aromatic nitrogens is 4. The van der Waals surface area contributed by atoms with Crippen LogP contribution < -0.4 is 0 Å². The van der Waals surface area contributed by atoms with Crippen molar-refractivity contribution in [3.05, 3.63) is 18.3 Å². The lowest BCUT2D eigenvalue weighted by atomic mass is 10.0. The normalized spacial score (nSPS) is 25.9. The zero-order valence-electron chi connectivity index (χ0n) is 14.5. The van der Waals surface area contributed by atoms with Crippen LogP contribution in [0.15, 0.2) is 12.7 Å². The molecule has 9 nitrogen and oxygen atoms in total. The van der Waals surface area contributed by atoms with Crippen molar-refractivity contribution in [2.24, 2.45) is 5.92 Å². The van der Waals surface area contributed by atoms with E-state index in [0.717, 1.165) is 5.69 Å². The van der Waals surface area contributed by atoms with Crippen LogP contribution in [-0.4, -0.2) is 50.3 Å². The minimum Gasteiger partial charge on any atom is -0.463 e. The number of esters is 2. The van der Waals surface area contributed by atoms with Gasteiger partial charge in [-0.2, -0.15) is 0 Å². The highest BCUT2D eigenvalue weighted by Crippen LogP contribution is 2.37. The molecule has 3 rings (SSSR count). The van der Waals surface area contributed by atoms with Gasteiger partial charge in [0.1, 0.15) is 24.6 Å². The largest absolute Gasteiger partial charge is 0.463 e. The van der Waals surface area contributed by atoms with Crippen molar-refractivity contribution in [3.63, 3.8) is 0 Å². The predicted octanol–water partition coefficient (Wildman–Crippen LogP) is 1.16. The van der Waals surface area contributed by atoms with Crippen molar-refractivity contribution >= 4 is 23.1 Å². The Morgan fingerprint density at radius 1 is 1.24 bits per heavy atom. The van der Waals surface area contributed by atoms with Gasteiger partial charge in [0.15, 0.2) is 18.0 Å². The molecule has 3 heterocycles. The minimum atomic E-state index is -0.612. The molecular weight excluding hydrogens is 328 g/mol. The molecule has 1 fully saturated rings. The number of hydrogen-bond donors (Lipinski definition) is 0. The monoisotopic (exact) mass is 348 g/mol. The van der Waals surface area contributed by atoms with Gasteiger partial charge in [0.2, 0.25) is 0 Å². The average Bonchev–Trinajstić information content (AvgIpc) is 3.09. The molecule has 4 atom stereocenters. The molecule has 0 bridgehead atoms. The highest BCUT2D eigenvalue weighted by atomic mass is 16.6. The first-order valence-electron chi connectivity index (χ1n) is 7.98. The van der Waals surface area contributed by atoms with Crippen LogP contribution in [0, 0.1) is 12.8 Å². The molecular formula is C16H20N4O5. The third-order valence-corrected chi connectivity index (χ3v) is 4.27. The Hall–Kier alpha value is -2.55. The van der Waals surface area contributed by atoms with E-state index in [2.05, 4.69) is 15.0 Å². The van der Waals surface area contributed by atoms with E-state index in [0.29, 0.717) is 11.2 Å². The molecule has 0 aromatic carbocycles. The van der Waals surface area contributed by atoms with Gasteiger partial charge in [-0.15, -0.1) is 0 Å². The molecule has 1 aliphatic heterocycles. The number of carbonyl (C=O) groups is 2. The van der Waals surface area contributed by atoms with E-state index in [9.17, 15) is 9.59 Å². The Morgan fingerprint density at radius 2 is 2.00 bits per heavy atom. The molecule has 9 heteroatoms. The third kappa shape index (κ3) is 3.32. The van der Waals surface area contributed by atoms with Crippen molar-refractivity contribution in [2.75, 3.05) is 6.61 Å². The van der Waals surface area contributed by atoms with Crippen molar-refractivity contribution in [1.29, 1.82) is 0 Å². The molecule has 0 spiro atoms. The second kappa shape index (κ2) is 6.75. The molecule has 1 saturated heterocycles. The summed E-state index contributed by atoms with van der Waals surface area (Å²) in [5, 5.41) is 0. The van der Waals surface area contributed by atoms with Gasteiger partial charge in [0, 0.05) is 19.8 Å². The summed E-state index contributed by atoms with van der Waals surface area (Å²) >= 11 is 0. The van der Waals surface area contributed by atoms with E-state index in [1.807, 2.05) is 13.8 Å². The molecule has 134 valence electrons. The number of hydrogen-bond acceptors (Lipinski definition) is 8. The highest BCUT2D eigenvalue weighted by Gasteiger charge is 2.46. The summed E-state index contributed by atoms with van der Waals surface area (Å²) < 4.78 is 18.3. The standard InChI is InChI=1S/C16H20N4O5/c1-8-12(5-23-10(3)21)25-16(14(8)24-11(4)22)20-7-19-13-9(2)17-6-18-15(13)20/h6-8,12,14,16H,5H2,1-4H3/t8-,12-,14-,16-/m1/s1. The summed E-state index contributed by atoms with van der Waals surface area (Å²) in [4.78, 5) is 35.4. The number of ether oxygens (including phenoxy) is 3. The van der Waals surface area contributed by atoms with E-state index >= 15 is 0 Å². The molecule has 0 aliphatic carbocycles. The minimum absolute atomic E-state index is 0.0887. The topological polar surface area (TPSA) is 105 Å². The fraction of sp³-hybridized carbons (Fsp3) is 0.562. The summed E-state index contributed by atoms with van der Waals surface area (Å²) in [6.07, 6.45) is 1.47. The highest BCUT2D eigenvalue weighted by molar-refractivity contribution is 5.73. The Balaban J connectivity index is 1.94. The lowest BCUT2D eigenvalue weighted by Gasteiger charge is -2.21. The van der Waals surface area contributed by atoms with Crippen molar-refractivity contribution in [1.82, 2.24) is 19.5 Å². The SMILES string of the molecule is CC(=O)OC[C@H]1O[C@@H](n2cnc3c(C)ncnc32)[C@H](OC(C)=O)[C@@H]1C. The van der Waals surface area contributed by atoms with E-state index in [1.165, 1.54) is 20.2 Å². The van der Waals surface area contributed by atoms with Crippen LogP contribution in [0.5, 0.6) is 0 Å². The molecule has 25 heavy (non-hydrogen) atoms. The number of rotatable bonds is 4. The molecule has 2 aromatic rings. The van der Waals surface area contributed by atoms with Crippen LogP contribution in [0.3, 0.4) is 0 Å². The number of carbonyl (C=O) groups excluding carboxylic acids is 2. The quantitative estimate of drug-likeness (QED) is 0.758. The molecule has 0 radical (unpaired) electrons. The second-order valence-electron chi connectivity index (χ2n) is 6.08. The van der Waals surface area contributed by atoms with Gasteiger partial charge >= 0.3 is 11.9 Å². The van der Waals surface area contributed by atoms with Crippen LogP contribution in [0.25, 0.3) is 11.2 Å². The van der Waals surface area contributed by atoms with Crippen LogP contribution >= 0.6 is 0 Å². The number of imidazole rings is 1. The van der Waals surface area contributed by atoms with Gasteiger partial charge in [0.05, 0.1) is 12.0 Å². The number of fused-ring (bicyclic) bond motifs is 1. The van der Waals surface area contributed by atoms with Gasteiger partial charge in [-0.25, -0.2) is 15.0 Å².